The first-order valence-corrected chi connectivity index (χ1v) is 9.33. The van der Waals surface area contributed by atoms with Gasteiger partial charge in [-0.3, -0.25) is 9.36 Å². The van der Waals surface area contributed by atoms with Gasteiger partial charge >= 0.3 is 0 Å². The molecule has 0 N–H and O–H groups in total. The lowest BCUT2D eigenvalue weighted by Crippen LogP contribution is -2.39. The molecule has 7 heteroatoms. The summed E-state index contributed by atoms with van der Waals surface area (Å²) in [6, 6.07) is 5.14. The zero-order valence-corrected chi connectivity index (χ0v) is 16.7. The van der Waals surface area contributed by atoms with Crippen molar-refractivity contribution in [3.63, 3.8) is 0 Å². The van der Waals surface area contributed by atoms with Crippen LogP contribution in [0.4, 0.5) is 5.82 Å². The summed E-state index contributed by atoms with van der Waals surface area (Å²) in [5, 5.41) is 0.796. The van der Waals surface area contributed by atoms with E-state index in [1.54, 1.807) is 25.1 Å². The van der Waals surface area contributed by atoms with E-state index in [-0.39, 0.29) is 10.6 Å². The Bertz CT molecular complexity index is 867. The summed E-state index contributed by atoms with van der Waals surface area (Å²) in [7, 11) is 0. The van der Waals surface area contributed by atoms with E-state index < -0.39 is 0 Å². The number of halogens is 3. The van der Waals surface area contributed by atoms with E-state index in [0.717, 1.165) is 25.9 Å². The second kappa shape index (κ2) is 6.82. The molecule has 2 heterocycles. The van der Waals surface area contributed by atoms with Crippen molar-refractivity contribution in [1.29, 1.82) is 0 Å². The monoisotopic (exact) mass is 399 g/mol. The largest absolute Gasteiger partial charge is 0.355 e. The summed E-state index contributed by atoms with van der Waals surface area (Å²) < 4.78 is 1.41. The summed E-state index contributed by atoms with van der Waals surface area (Å²) in [4.78, 5) is 19.6. The lowest BCUT2D eigenvalue weighted by Gasteiger charge is -2.37. The van der Waals surface area contributed by atoms with Crippen LogP contribution in [0.1, 0.15) is 32.5 Å². The Morgan fingerprint density at radius 3 is 2.36 bits per heavy atom. The molecular weight excluding hydrogens is 381 g/mol. The molecule has 1 aliphatic heterocycles. The van der Waals surface area contributed by atoms with Crippen molar-refractivity contribution in [1.82, 2.24) is 9.55 Å². The average Bonchev–Trinajstić information content (AvgIpc) is 2.55. The highest BCUT2D eigenvalue weighted by molar-refractivity contribution is 6.43. The Kier molecular flexibility index (Phi) is 5.06. The van der Waals surface area contributed by atoms with Gasteiger partial charge in [0.15, 0.2) is 5.82 Å². The van der Waals surface area contributed by atoms with Crippen LogP contribution in [0.5, 0.6) is 0 Å². The molecule has 4 nitrogen and oxygen atoms in total. The third-order valence-corrected chi connectivity index (χ3v) is 5.91. The smallest absolute Gasteiger partial charge is 0.279 e. The molecule has 0 bridgehead atoms. The van der Waals surface area contributed by atoms with Crippen LogP contribution in [0.15, 0.2) is 23.0 Å². The van der Waals surface area contributed by atoms with Crippen LogP contribution in [-0.2, 0) is 0 Å². The maximum atomic E-state index is 12.9. The number of aromatic nitrogens is 2. The van der Waals surface area contributed by atoms with Crippen LogP contribution in [0.3, 0.4) is 0 Å². The van der Waals surface area contributed by atoms with E-state index in [9.17, 15) is 4.79 Å². The van der Waals surface area contributed by atoms with Crippen LogP contribution in [-0.4, -0.2) is 22.6 Å². The SMILES string of the molecule is Cc1nc(N2CCC(C)(C)CC2)c(Cl)c(=O)n1-c1cccc(Cl)c1Cl. The van der Waals surface area contributed by atoms with Crippen LogP contribution in [0.2, 0.25) is 15.1 Å². The number of anilines is 1. The molecule has 1 fully saturated rings. The Balaban J connectivity index is 2.07. The van der Waals surface area contributed by atoms with E-state index in [0.29, 0.717) is 32.8 Å². The molecule has 1 aliphatic rings. The number of nitrogens with zero attached hydrogens (tertiary/aromatic N) is 3. The minimum atomic E-state index is -0.335. The molecule has 2 aromatic rings. The number of hydrogen-bond donors (Lipinski definition) is 0. The van der Waals surface area contributed by atoms with Gasteiger partial charge in [-0.05, 0) is 37.3 Å². The lowest BCUT2D eigenvalue weighted by molar-refractivity contribution is 0.279. The summed E-state index contributed by atoms with van der Waals surface area (Å²) in [6.45, 7) is 7.95. The Morgan fingerprint density at radius 1 is 1.08 bits per heavy atom. The normalized spacial score (nSPS) is 17.0. The minimum absolute atomic E-state index is 0.112. The third-order valence-electron chi connectivity index (χ3n) is 4.77. The Morgan fingerprint density at radius 2 is 1.72 bits per heavy atom. The first-order chi connectivity index (χ1) is 11.7. The van der Waals surface area contributed by atoms with Gasteiger partial charge in [0, 0.05) is 13.1 Å². The summed E-state index contributed by atoms with van der Waals surface area (Å²) in [5.41, 5.74) is 0.456. The molecule has 0 unspecified atom stereocenters. The topological polar surface area (TPSA) is 38.1 Å². The van der Waals surface area contributed by atoms with E-state index in [1.807, 2.05) is 0 Å². The minimum Gasteiger partial charge on any atom is -0.355 e. The molecule has 0 radical (unpaired) electrons. The molecule has 0 saturated carbocycles. The van der Waals surface area contributed by atoms with Crippen LogP contribution in [0.25, 0.3) is 5.69 Å². The first-order valence-electron chi connectivity index (χ1n) is 8.20. The van der Waals surface area contributed by atoms with E-state index >= 15 is 0 Å². The van der Waals surface area contributed by atoms with Gasteiger partial charge in [-0.2, -0.15) is 0 Å². The number of benzene rings is 1. The first kappa shape index (κ1) is 18.6. The van der Waals surface area contributed by atoms with Crippen molar-refractivity contribution < 1.29 is 0 Å². The summed E-state index contributed by atoms with van der Waals surface area (Å²) in [5.74, 6) is 1.08. The standard InChI is InChI=1S/C18H20Cl3N3O/c1-11-22-16(23-9-7-18(2,3)8-10-23)15(21)17(25)24(11)13-6-4-5-12(19)14(13)20/h4-6H,7-10H2,1-3H3. The zero-order chi connectivity index (χ0) is 18.4. The lowest BCUT2D eigenvalue weighted by atomic mass is 9.83. The fourth-order valence-electron chi connectivity index (χ4n) is 3.08. The van der Waals surface area contributed by atoms with Gasteiger partial charge in [-0.25, -0.2) is 4.98 Å². The van der Waals surface area contributed by atoms with Crippen LogP contribution in [0, 0.1) is 12.3 Å². The average molecular weight is 401 g/mol. The number of hydrogen-bond acceptors (Lipinski definition) is 3. The molecule has 1 saturated heterocycles. The highest BCUT2D eigenvalue weighted by Gasteiger charge is 2.28. The van der Waals surface area contributed by atoms with Crippen molar-refractivity contribution in [2.45, 2.75) is 33.6 Å². The number of rotatable bonds is 2. The van der Waals surface area contributed by atoms with E-state index in [2.05, 4.69) is 23.7 Å². The van der Waals surface area contributed by atoms with Crippen molar-refractivity contribution in [3.8, 4) is 5.69 Å². The van der Waals surface area contributed by atoms with Crippen molar-refractivity contribution in [3.05, 3.63) is 49.4 Å². The van der Waals surface area contributed by atoms with E-state index in [1.165, 1.54) is 4.57 Å². The highest BCUT2D eigenvalue weighted by atomic mass is 35.5. The zero-order valence-electron chi connectivity index (χ0n) is 14.4. The molecule has 1 aromatic carbocycles. The number of piperidine rings is 1. The van der Waals surface area contributed by atoms with Gasteiger partial charge in [-0.15, -0.1) is 0 Å². The molecular formula is C18H20Cl3N3O. The molecule has 134 valence electrons. The second-order valence-electron chi connectivity index (χ2n) is 7.16. The predicted molar refractivity (Wildman–Crippen MR) is 105 cm³/mol. The maximum Gasteiger partial charge on any atom is 0.279 e. The maximum absolute atomic E-state index is 12.9. The fourth-order valence-corrected chi connectivity index (χ4v) is 3.70. The second-order valence-corrected chi connectivity index (χ2v) is 8.32. The predicted octanol–water partition coefficient (Wildman–Crippen LogP) is 5.13. The van der Waals surface area contributed by atoms with Gasteiger partial charge in [-0.1, -0.05) is 54.7 Å². The highest BCUT2D eigenvalue weighted by Crippen LogP contribution is 2.34. The molecule has 0 amide bonds. The number of aryl methyl sites for hydroxylation is 1. The van der Waals surface area contributed by atoms with Gasteiger partial charge in [0.2, 0.25) is 0 Å². The van der Waals surface area contributed by atoms with Crippen molar-refractivity contribution >= 4 is 40.6 Å². The van der Waals surface area contributed by atoms with Gasteiger partial charge in [0.05, 0.1) is 15.7 Å². The Labute approximate surface area is 162 Å². The quantitative estimate of drug-likeness (QED) is 0.701. The van der Waals surface area contributed by atoms with Crippen molar-refractivity contribution in [2.75, 3.05) is 18.0 Å². The summed E-state index contributed by atoms with van der Waals surface area (Å²) >= 11 is 18.8. The van der Waals surface area contributed by atoms with Gasteiger partial charge < -0.3 is 4.90 Å². The van der Waals surface area contributed by atoms with Crippen LogP contribution >= 0.6 is 34.8 Å². The van der Waals surface area contributed by atoms with E-state index in [4.69, 9.17) is 34.8 Å². The van der Waals surface area contributed by atoms with Crippen LogP contribution < -0.4 is 10.5 Å². The molecule has 25 heavy (non-hydrogen) atoms. The molecule has 0 aliphatic carbocycles. The Hall–Kier alpha value is -1.23. The molecule has 0 spiro atoms. The fraction of sp³-hybridized carbons (Fsp3) is 0.444. The molecule has 3 rings (SSSR count). The van der Waals surface area contributed by atoms with Crippen molar-refractivity contribution in [2.24, 2.45) is 5.41 Å². The van der Waals surface area contributed by atoms with Gasteiger partial charge in [0.25, 0.3) is 5.56 Å². The molecule has 1 aromatic heterocycles. The molecule has 0 atom stereocenters. The summed E-state index contributed by atoms with van der Waals surface area (Å²) in [6.07, 6.45) is 2.07. The third kappa shape index (κ3) is 3.53. The van der Waals surface area contributed by atoms with Gasteiger partial charge in [0.1, 0.15) is 10.8 Å².